The summed E-state index contributed by atoms with van der Waals surface area (Å²) in [5, 5.41) is 0. The van der Waals surface area contributed by atoms with E-state index in [1.54, 1.807) is 12.2 Å². The second-order valence-corrected chi connectivity index (χ2v) is 3.39. The van der Waals surface area contributed by atoms with Crippen LogP contribution in [0.2, 0.25) is 0 Å². The number of ketones is 1. The van der Waals surface area contributed by atoms with Gasteiger partial charge in [0.15, 0.2) is 5.78 Å². The molecule has 0 saturated heterocycles. The van der Waals surface area contributed by atoms with Gasteiger partial charge in [0.25, 0.3) is 0 Å². The second kappa shape index (κ2) is 5.01. The first-order chi connectivity index (χ1) is 7.88. The number of carbonyl (C=O) groups is 1. The van der Waals surface area contributed by atoms with Crippen LogP contribution in [0.3, 0.4) is 0 Å². The van der Waals surface area contributed by atoms with Crippen LogP contribution in [0.25, 0.3) is 0 Å². The van der Waals surface area contributed by atoms with E-state index in [1.807, 2.05) is 24.3 Å². The first-order valence-electron chi connectivity index (χ1n) is 5.15. The molecule has 76 valence electrons. The summed E-state index contributed by atoms with van der Waals surface area (Å²) in [6.07, 6.45) is 4.47. The number of hydrogen-bond donors (Lipinski definition) is 0. The molecular weight excluding hydrogens is 196 g/mol. The quantitative estimate of drug-likeness (QED) is 0.596. The van der Waals surface area contributed by atoms with E-state index in [9.17, 15) is 4.79 Å². The molecule has 1 nitrogen and oxygen atoms in total. The van der Waals surface area contributed by atoms with Crippen molar-refractivity contribution in [1.29, 1.82) is 0 Å². The van der Waals surface area contributed by atoms with E-state index >= 15 is 0 Å². The molecule has 16 heavy (non-hydrogen) atoms. The van der Waals surface area contributed by atoms with Crippen molar-refractivity contribution in [3.8, 4) is 23.7 Å². The van der Waals surface area contributed by atoms with Gasteiger partial charge in [0.1, 0.15) is 0 Å². The van der Waals surface area contributed by atoms with Gasteiger partial charge in [-0.3, -0.25) is 4.79 Å². The van der Waals surface area contributed by atoms with Gasteiger partial charge < -0.3 is 0 Å². The maximum absolute atomic E-state index is 11.9. The van der Waals surface area contributed by atoms with Crippen molar-refractivity contribution >= 4 is 5.78 Å². The minimum atomic E-state index is 0.112. The topological polar surface area (TPSA) is 17.1 Å². The Bertz CT molecular complexity index is 556. The van der Waals surface area contributed by atoms with E-state index in [1.165, 1.54) is 0 Å². The molecule has 1 heteroatoms. The third-order valence-corrected chi connectivity index (χ3v) is 2.26. The number of Topliss-reactive ketones (excluding diaryl/α,β-unsaturated/α-hetero) is 1. The van der Waals surface area contributed by atoms with Gasteiger partial charge in [0.05, 0.1) is 0 Å². The van der Waals surface area contributed by atoms with Crippen LogP contribution in [-0.2, 0) is 0 Å². The first-order valence-corrected chi connectivity index (χ1v) is 5.15. The predicted octanol–water partition coefficient (Wildman–Crippen LogP) is 2.57. The summed E-state index contributed by atoms with van der Waals surface area (Å²) in [5.41, 5.74) is 1.49. The number of allylic oxidation sites excluding steroid dienone is 2. The van der Waals surface area contributed by atoms with Crippen molar-refractivity contribution in [1.82, 2.24) is 0 Å². The highest BCUT2D eigenvalue weighted by Crippen LogP contribution is 2.11. The van der Waals surface area contributed by atoms with Crippen LogP contribution in [-0.4, -0.2) is 5.78 Å². The van der Waals surface area contributed by atoms with E-state index in [2.05, 4.69) is 23.7 Å². The van der Waals surface area contributed by atoms with Crippen LogP contribution in [0.4, 0.5) is 0 Å². The van der Waals surface area contributed by atoms with Crippen LogP contribution in [0.15, 0.2) is 36.4 Å². The summed E-state index contributed by atoms with van der Waals surface area (Å²) in [6.45, 7) is 0. The summed E-state index contributed by atoms with van der Waals surface area (Å²) < 4.78 is 0. The van der Waals surface area contributed by atoms with Gasteiger partial charge in [-0.1, -0.05) is 41.9 Å². The number of carbonyl (C=O) groups excluding carboxylic acids is 1. The van der Waals surface area contributed by atoms with E-state index in [4.69, 9.17) is 0 Å². The third-order valence-electron chi connectivity index (χ3n) is 2.26. The Kier molecular flexibility index (Phi) is 3.22. The molecule has 0 radical (unpaired) electrons. The lowest BCUT2D eigenvalue weighted by molar-refractivity contribution is 0.0984. The smallest absolute Gasteiger partial charge is 0.165 e. The van der Waals surface area contributed by atoms with Crippen LogP contribution in [0, 0.1) is 23.7 Å². The van der Waals surface area contributed by atoms with Gasteiger partial charge in [-0.05, 0) is 18.2 Å². The SMILES string of the molecule is O=C1CCC#C/C=C\C#Cc2ccccc21. The van der Waals surface area contributed by atoms with Gasteiger partial charge in [-0.15, -0.1) is 0 Å². The van der Waals surface area contributed by atoms with Crippen molar-refractivity contribution in [3.05, 3.63) is 47.5 Å². The third kappa shape index (κ3) is 2.41. The molecule has 0 unspecified atom stereocenters. The molecule has 0 spiro atoms. The zero-order chi connectivity index (χ0) is 11.2. The van der Waals surface area contributed by atoms with Crippen LogP contribution in [0.5, 0.6) is 0 Å². The van der Waals surface area contributed by atoms with Crippen LogP contribution < -0.4 is 0 Å². The Morgan fingerprint density at radius 2 is 1.88 bits per heavy atom. The highest BCUT2D eigenvalue weighted by Gasteiger charge is 2.08. The second-order valence-electron chi connectivity index (χ2n) is 3.39. The van der Waals surface area contributed by atoms with Crippen LogP contribution >= 0.6 is 0 Å². The average molecular weight is 206 g/mol. The molecule has 2 rings (SSSR count). The fourth-order valence-corrected chi connectivity index (χ4v) is 1.48. The molecule has 0 bridgehead atoms. The molecule has 1 aliphatic rings. The zero-order valence-corrected chi connectivity index (χ0v) is 8.79. The Hall–Kier alpha value is -2.25. The van der Waals surface area contributed by atoms with Gasteiger partial charge >= 0.3 is 0 Å². The summed E-state index contributed by atoms with van der Waals surface area (Å²) in [6, 6.07) is 7.44. The molecule has 0 heterocycles. The molecule has 0 fully saturated rings. The standard InChI is InChI=1S/C15H10O/c16-15-12-6-4-2-1-3-5-9-13-10-7-8-11-14(13)15/h1,3,7-8,10-11H,6,12H2/b3-1-. The molecule has 0 aliphatic heterocycles. The molecule has 0 N–H and O–H groups in total. The van der Waals surface area contributed by atoms with Gasteiger partial charge in [-0.2, -0.15) is 0 Å². The Balaban J connectivity index is 2.46. The van der Waals surface area contributed by atoms with Crippen molar-refractivity contribution in [2.24, 2.45) is 0 Å². The maximum Gasteiger partial charge on any atom is 0.165 e. The number of fused-ring (bicyclic) bond motifs is 1. The van der Waals surface area contributed by atoms with Crippen molar-refractivity contribution in [2.75, 3.05) is 0 Å². The van der Waals surface area contributed by atoms with Gasteiger partial charge in [0, 0.05) is 24.0 Å². The predicted molar refractivity (Wildman–Crippen MR) is 63.8 cm³/mol. The average Bonchev–Trinajstić information content (AvgIpc) is 2.35. The largest absolute Gasteiger partial charge is 0.294 e. The first kappa shape index (κ1) is 10.3. The van der Waals surface area contributed by atoms with Crippen molar-refractivity contribution < 1.29 is 4.79 Å². The highest BCUT2D eigenvalue weighted by molar-refractivity contribution is 5.98. The molecule has 1 aliphatic carbocycles. The normalized spacial score (nSPS) is 15.6. The maximum atomic E-state index is 11.9. The fraction of sp³-hybridized carbons (Fsp3) is 0.133. The van der Waals surface area contributed by atoms with Crippen molar-refractivity contribution in [3.63, 3.8) is 0 Å². The Morgan fingerprint density at radius 3 is 2.81 bits per heavy atom. The Labute approximate surface area is 95.2 Å². The fourth-order valence-electron chi connectivity index (χ4n) is 1.48. The summed E-state index contributed by atoms with van der Waals surface area (Å²) in [5.74, 6) is 11.7. The highest BCUT2D eigenvalue weighted by atomic mass is 16.1. The molecule has 0 saturated carbocycles. The summed E-state index contributed by atoms with van der Waals surface area (Å²) >= 11 is 0. The Morgan fingerprint density at radius 1 is 1.06 bits per heavy atom. The van der Waals surface area contributed by atoms with E-state index in [0.29, 0.717) is 18.4 Å². The lowest BCUT2D eigenvalue weighted by Crippen LogP contribution is -2.01. The van der Waals surface area contributed by atoms with Crippen LogP contribution in [0.1, 0.15) is 28.8 Å². The zero-order valence-electron chi connectivity index (χ0n) is 8.79. The molecule has 0 aromatic heterocycles. The van der Waals surface area contributed by atoms with Crippen molar-refractivity contribution in [2.45, 2.75) is 12.8 Å². The molecule has 0 amide bonds. The van der Waals surface area contributed by atoms with E-state index in [0.717, 1.165) is 5.56 Å². The van der Waals surface area contributed by atoms with Gasteiger partial charge in [0.2, 0.25) is 0 Å². The minimum absolute atomic E-state index is 0.112. The summed E-state index contributed by atoms with van der Waals surface area (Å²) in [7, 11) is 0. The lowest BCUT2D eigenvalue weighted by atomic mass is 10.0. The molecular formula is C15H10O. The monoisotopic (exact) mass is 206 g/mol. The molecule has 1 aromatic carbocycles. The molecule has 0 atom stereocenters. The van der Waals surface area contributed by atoms with E-state index < -0.39 is 0 Å². The summed E-state index contributed by atoms with van der Waals surface area (Å²) in [4.78, 5) is 11.9. The van der Waals surface area contributed by atoms with Gasteiger partial charge in [-0.25, -0.2) is 0 Å². The van der Waals surface area contributed by atoms with E-state index in [-0.39, 0.29) is 5.78 Å². The lowest BCUT2D eigenvalue weighted by Gasteiger charge is -2.01. The number of rotatable bonds is 0. The number of hydrogen-bond acceptors (Lipinski definition) is 1. The minimum Gasteiger partial charge on any atom is -0.294 e. The molecule has 1 aromatic rings. The number of benzene rings is 1.